The van der Waals surface area contributed by atoms with Gasteiger partial charge in [0.1, 0.15) is 23.0 Å². The minimum Gasteiger partial charge on any atom is -0.465 e. The lowest BCUT2D eigenvalue weighted by Crippen LogP contribution is -2.24. The molecule has 0 amide bonds. The van der Waals surface area contributed by atoms with Crippen molar-refractivity contribution in [1.29, 1.82) is 0 Å². The van der Waals surface area contributed by atoms with Crippen LogP contribution in [0.5, 0.6) is 0 Å². The minimum atomic E-state index is -0.414. The van der Waals surface area contributed by atoms with Crippen molar-refractivity contribution in [2.45, 2.75) is 45.1 Å². The molecule has 3 aromatic rings. The first-order valence-electron chi connectivity index (χ1n) is 10.1. The van der Waals surface area contributed by atoms with Crippen LogP contribution in [0.2, 0.25) is 0 Å². The van der Waals surface area contributed by atoms with Gasteiger partial charge in [0, 0.05) is 17.1 Å². The zero-order valence-corrected chi connectivity index (χ0v) is 16.7. The normalized spacial score (nSPS) is 16.0. The number of carbonyl (C=O) groups is 1. The number of carbonyl (C=O) groups excluding carboxylic acids is 1. The van der Waals surface area contributed by atoms with E-state index < -0.39 is 5.97 Å². The van der Waals surface area contributed by atoms with Crippen LogP contribution in [0.15, 0.2) is 40.9 Å². The first-order valence-corrected chi connectivity index (χ1v) is 10.1. The molecule has 1 saturated carbocycles. The maximum Gasteiger partial charge on any atom is 0.339 e. The molecule has 1 fully saturated rings. The highest BCUT2D eigenvalue weighted by molar-refractivity contribution is 5.89. The standard InChI is InChI=1S/C23H25FN2O3/c1-14-18-12-17(24)9-10-19(18)29-22(14)21(15-6-4-3-5-7-15)26-20-11-8-16(13-25-20)23(27)28-2/h8-13,15,21H,3-7H2,1-2H3,(H,25,26). The minimum absolute atomic E-state index is 0.0674. The Balaban J connectivity index is 1.69. The number of methoxy groups -OCH3 is 1. The second-order valence-corrected chi connectivity index (χ2v) is 7.68. The van der Waals surface area contributed by atoms with E-state index >= 15 is 0 Å². The average Bonchev–Trinajstić information content (AvgIpc) is 3.08. The average molecular weight is 396 g/mol. The zero-order chi connectivity index (χ0) is 20.4. The number of benzene rings is 1. The van der Waals surface area contributed by atoms with Crippen molar-refractivity contribution in [3.8, 4) is 0 Å². The zero-order valence-electron chi connectivity index (χ0n) is 16.7. The van der Waals surface area contributed by atoms with Gasteiger partial charge in [-0.05, 0) is 56.0 Å². The van der Waals surface area contributed by atoms with E-state index in [1.807, 2.05) is 6.92 Å². The molecule has 1 N–H and O–H groups in total. The molecule has 6 heteroatoms. The Morgan fingerprint density at radius 2 is 2.03 bits per heavy atom. The van der Waals surface area contributed by atoms with Gasteiger partial charge in [-0.1, -0.05) is 19.3 Å². The first kappa shape index (κ1) is 19.4. The van der Waals surface area contributed by atoms with Crippen LogP contribution in [0.3, 0.4) is 0 Å². The number of pyridine rings is 1. The number of ether oxygens (including phenoxy) is 1. The fourth-order valence-electron chi connectivity index (χ4n) is 4.25. The van der Waals surface area contributed by atoms with Gasteiger partial charge in [0.15, 0.2) is 0 Å². The van der Waals surface area contributed by atoms with Crippen molar-refractivity contribution in [3.05, 3.63) is 59.2 Å². The molecule has 5 nitrogen and oxygen atoms in total. The highest BCUT2D eigenvalue weighted by atomic mass is 19.1. The van der Waals surface area contributed by atoms with E-state index in [-0.39, 0.29) is 11.9 Å². The maximum absolute atomic E-state index is 13.8. The number of furan rings is 1. The Bertz CT molecular complexity index is 1010. The third kappa shape index (κ3) is 3.97. The van der Waals surface area contributed by atoms with E-state index in [1.54, 1.807) is 18.2 Å². The highest BCUT2D eigenvalue weighted by Gasteiger charge is 2.30. The summed E-state index contributed by atoms with van der Waals surface area (Å²) in [6, 6.07) is 8.04. The molecule has 1 unspecified atom stereocenters. The molecule has 1 aliphatic carbocycles. The predicted octanol–water partition coefficient (Wildman–Crippen LogP) is 5.80. The highest BCUT2D eigenvalue weighted by Crippen LogP contribution is 2.40. The lowest BCUT2D eigenvalue weighted by molar-refractivity contribution is 0.0600. The van der Waals surface area contributed by atoms with Gasteiger partial charge in [0.2, 0.25) is 0 Å². The molecule has 4 rings (SSSR count). The number of fused-ring (bicyclic) bond motifs is 1. The lowest BCUT2D eigenvalue weighted by atomic mass is 9.82. The summed E-state index contributed by atoms with van der Waals surface area (Å²) < 4.78 is 24.7. The van der Waals surface area contributed by atoms with Gasteiger partial charge in [0.05, 0.1) is 18.7 Å². The number of nitrogens with one attached hydrogen (secondary N) is 1. The molecule has 1 aliphatic rings. The van der Waals surface area contributed by atoms with E-state index in [0.717, 1.165) is 29.6 Å². The number of hydrogen-bond acceptors (Lipinski definition) is 5. The van der Waals surface area contributed by atoms with Gasteiger partial charge in [-0.2, -0.15) is 0 Å². The number of hydrogen-bond donors (Lipinski definition) is 1. The van der Waals surface area contributed by atoms with E-state index in [4.69, 9.17) is 9.15 Å². The smallest absolute Gasteiger partial charge is 0.339 e. The molecule has 29 heavy (non-hydrogen) atoms. The molecule has 0 spiro atoms. The van der Waals surface area contributed by atoms with Gasteiger partial charge >= 0.3 is 5.97 Å². The van der Waals surface area contributed by atoms with Gasteiger partial charge < -0.3 is 14.5 Å². The molecule has 2 aromatic heterocycles. The largest absolute Gasteiger partial charge is 0.465 e. The summed E-state index contributed by atoms with van der Waals surface area (Å²) in [5.74, 6) is 1.21. The number of rotatable bonds is 5. The van der Waals surface area contributed by atoms with E-state index in [0.29, 0.717) is 22.9 Å². The quantitative estimate of drug-likeness (QED) is 0.553. The summed E-state index contributed by atoms with van der Waals surface area (Å²) in [5, 5.41) is 4.32. The van der Waals surface area contributed by atoms with Crippen LogP contribution < -0.4 is 5.32 Å². The Morgan fingerprint density at radius 1 is 1.24 bits per heavy atom. The SMILES string of the molecule is COC(=O)c1ccc(NC(c2oc3ccc(F)cc3c2C)C2CCCCC2)nc1. The fraction of sp³-hybridized carbons (Fsp3) is 0.391. The second kappa shape index (κ2) is 8.23. The predicted molar refractivity (Wildman–Crippen MR) is 109 cm³/mol. The molecular formula is C23H25FN2O3. The third-order valence-corrected chi connectivity index (χ3v) is 5.83. The second-order valence-electron chi connectivity index (χ2n) is 7.68. The molecule has 0 radical (unpaired) electrons. The van der Waals surface area contributed by atoms with Crippen LogP contribution in [0, 0.1) is 18.7 Å². The van der Waals surface area contributed by atoms with Crippen LogP contribution in [0.1, 0.15) is 59.8 Å². The maximum atomic E-state index is 13.8. The Kier molecular flexibility index (Phi) is 5.51. The molecule has 1 aromatic carbocycles. The summed E-state index contributed by atoms with van der Waals surface area (Å²) in [4.78, 5) is 16.1. The Hall–Kier alpha value is -2.89. The van der Waals surface area contributed by atoms with Gasteiger partial charge in [0.25, 0.3) is 0 Å². The van der Waals surface area contributed by atoms with E-state index in [9.17, 15) is 9.18 Å². The number of nitrogens with zero attached hydrogens (tertiary/aromatic N) is 1. The molecule has 1 atom stereocenters. The number of aryl methyl sites for hydroxylation is 1. The number of anilines is 1. The molecule has 0 bridgehead atoms. The summed E-state index contributed by atoms with van der Waals surface area (Å²) in [6.45, 7) is 1.98. The summed E-state index contributed by atoms with van der Waals surface area (Å²) in [7, 11) is 1.35. The van der Waals surface area contributed by atoms with E-state index in [2.05, 4.69) is 10.3 Å². The van der Waals surface area contributed by atoms with Crippen molar-refractivity contribution >= 4 is 22.8 Å². The first-order chi connectivity index (χ1) is 14.1. The number of halogens is 1. The van der Waals surface area contributed by atoms with Crippen molar-refractivity contribution in [2.75, 3.05) is 12.4 Å². The summed E-state index contributed by atoms with van der Waals surface area (Å²) in [5.41, 5.74) is 2.05. The lowest BCUT2D eigenvalue weighted by Gasteiger charge is -2.30. The summed E-state index contributed by atoms with van der Waals surface area (Å²) >= 11 is 0. The van der Waals surface area contributed by atoms with E-state index in [1.165, 1.54) is 44.7 Å². The van der Waals surface area contributed by atoms with Gasteiger partial charge in [-0.15, -0.1) is 0 Å². The number of aromatic nitrogens is 1. The van der Waals surface area contributed by atoms with Crippen LogP contribution in [0.4, 0.5) is 10.2 Å². The van der Waals surface area contributed by atoms with Gasteiger partial charge in [-0.25, -0.2) is 14.2 Å². The van der Waals surface area contributed by atoms with Crippen LogP contribution in [-0.2, 0) is 4.74 Å². The molecule has 0 aliphatic heterocycles. The molecular weight excluding hydrogens is 371 g/mol. The van der Waals surface area contributed by atoms with Crippen molar-refractivity contribution in [3.63, 3.8) is 0 Å². The summed E-state index contributed by atoms with van der Waals surface area (Å²) in [6.07, 6.45) is 7.33. The Labute approximate surface area is 169 Å². The third-order valence-electron chi connectivity index (χ3n) is 5.83. The molecule has 152 valence electrons. The number of esters is 1. The Morgan fingerprint density at radius 3 is 2.72 bits per heavy atom. The monoisotopic (exact) mass is 396 g/mol. The van der Waals surface area contributed by atoms with Crippen LogP contribution >= 0.6 is 0 Å². The van der Waals surface area contributed by atoms with Gasteiger partial charge in [-0.3, -0.25) is 0 Å². The van der Waals surface area contributed by atoms with Crippen LogP contribution in [-0.4, -0.2) is 18.1 Å². The van der Waals surface area contributed by atoms with Crippen molar-refractivity contribution in [1.82, 2.24) is 4.98 Å². The van der Waals surface area contributed by atoms with Crippen molar-refractivity contribution < 1.29 is 18.3 Å². The molecule has 2 heterocycles. The fourth-order valence-corrected chi connectivity index (χ4v) is 4.25. The molecule has 0 saturated heterocycles. The topological polar surface area (TPSA) is 64.4 Å². The van der Waals surface area contributed by atoms with Crippen LogP contribution in [0.25, 0.3) is 11.0 Å². The van der Waals surface area contributed by atoms with Crippen molar-refractivity contribution in [2.24, 2.45) is 5.92 Å².